The molecule has 1 aromatic carbocycles. The molecule has 0 radical (unpaired) electrons. The van der Waals surface area contributed by atoms with Crippen LogP contribution in [0.25, 0.3) is 11.3 Å². The number of rotatable bonds is 3. The van der Waals surface area contributed by atoms with E-state index < -0.39 is 0 Å². The largest absolute Gasteiger partial charge is 0.506 e. The lowest BCUT2D eigenvalue weighted by Gasteiger charge is -2.10. The molecule has 0 saturated heterocycles. The van der Waals surface area contributed by atoms with E-state index in [-0.39, 0.29) is 11.9 Å². The zero-order chi connectivity index (χ0) is 12.3. The molecule has 1 heterocycles. The van der Waals surface area contributed by atoms with Crippen molar-refractivity contribution < 1.29 is 9.84 Å². The van der Waals surface area contributed by atoms with Crippen molar-refractivity contribution in [3.63, 3.8) is 0 Å². The van der Waals surface area contributed by atoms with E-state index in [2.05, 4.69) is 4.98 Å². The van der Waals surface area contributed by atoms with Crippen LogP contribution < -0.4 is 4.74 Å². The minimum absolute atomic E-state index is 0.151. The molecule has 17 heavy (non-hydrogen) atoms. The fourth-order valence-corrected chi connectivity index (χ4v) is 1.56. The Balaban J connectivity index is 2.29. The predicted octanol–water partition coefficient (Wildman–Crippen LogP) is 3.24. The summed E-state index contributed by atoms with van der Waals surface area (Å²) >= 11 is 0. The molecular weight excluding hydrogens is 214 g/mol. The smallest absolute Gasteiger partial charge is 0.133 e. The third kappa shape index (κ3) is 2.97. The van der Waals surface area contributed by atoms with Gasteiger partial charge in [0.15, 0.2) is 0 Å². The van der Waals surface area contributed by atoms with Crippen molar-refractivity contribution in [2.45, 2.75) is 20.0 Å². The van der Waals surface area contributed by atoms with Crippen LogP contribution in [0.15, 0.2) is 42.6 Å². The summed E-state index contributed by atoms with van der Waals surface area (Å²) < 4.78 is 5.62. The van der Waals surface area contributed by atoms with E-state index in [0.717, 1.165) is 17.0 Å². The van der Waals surface area contributed by atoms with Gasteiger partial charge in [0.25, 0.3) is 0 Å². The Morgan fingerprint density at radius 3 is 2.65 bits per heavy atom. The SMILES string of the molecule is CC(C)Oc1cccc(-c2ccc(O)cn2)c1. The first-order valence-corrected chi connectivity index (χ1v) is 5.57. The van der Waals surface area contributed by atoms with E-state index in [1.165, 1.54) is 6.20 Å². The van der Waals surface area contributed by atoms with E-state index in [9.17, 15) is 5.11 Å². The first-order chi connectivity index (χ1) is 8.15. The zero-order valence-corrected chi connectivity index (χ0v) is 9.92. The van der Waals surface area contributed by atoms with E-state index in [1.807, 2.05) is 38.1 Å². The molecule has 0 saturated carbocycles. The van der Waals surface area contributed by atoms with Gasteiger partial charge in [0.2, 0.25) is 0 Å². The summed E-state index contributed by atoms with van der Waals surface area (Å²) in [5.41, 5.74) is 1.79. The molecule has 1 N–H and O–H groups in total. The maximum absolute atomic E-state index is 9.19. The highest BCUT2D eigenvalue weighted by molar-refractivity contribution is 5.61. The molecule has 0 fully saturated rings. The van der Waals surface area contributed by atoms with Crippen molar-refractivity contribution in [3.8, 4) is 22.8 Å². The molecule has 3 nitrogen and oxygen atoms in total. The third-order valence-electron chi connectivity index (χ3n) is 2.25. The molecular formula is C14H15NO2. The van der Waals surface area contributed by atoms with Crippen LogP contribution in [0.3, 0.4) is 0 Å². The molecule has 0 aliphatic carbocycles. The second-order valence-electron chi connectivity index (χ2n) is 4.10. The zero-order valence-electron chi connectivity index (χ0n) is 9.92. The van der Waals surface area contributed by atoms with E-state index >= 15 is 0 Å². The van der Waals surface area contributed by atoms with E-state index in [0.29, 0.717) is 0 Å². The molecule has 0 unspecified atom stereocenters. The topological polar surface area (TPSA) is 42.4 Å². The molecule has 0 aliphatic rings. The van der Waals surface area contributed by atoms with Crippen molar-refractivity contribution in [2.75, 3.05) is 0 Å². The lowest BCUT2D eigenvalue weighted by molar-refractivity contribution is 0.242. The van der Waals surface area contributed by atoms with Gasteiger partial charge in [0.1, 0.15) is 11.5 Å². The number of aromatic nitrogens is 1. The first-order valence-electron chi connectivity index (χ1n) is 5.57. The van der Waals surface area contributed by atoms with Gasteiger partial charge in [-0.25, -0.2) is 0 Å². The number of pyridine rings is 1. The lowest BCUT2D eigenvalue weighted by atomic mass is 10.1. The van der Waals surface area contributed by atoms with Crippen LogP contribution >= 0.6 is 0 Å². The van der Waals surface area contributed by atoms with Gasteiger partial charge in [0, 0.05) is 5.56 Å². The Labute approximate surface area is 101 Å². The maximum Gasteiger partial charge on any atom is 0.133 e. The average molecular weight is 229 g/mol. The monoisotopic (exact) mass is 229 g/mol. The van der Waals surface area contributed by atoms with Crippen LogP contribution in [-0.2, 0) is 0 Å². The van der Waals surface area contributed by atoms with E-state index in [4.69, 9.17) is 4.74 Å². The molecule has 0 atom stereocenters. The van der Waals surface area contributed by atoms with Gasteiger partial charge in [0.05, 0.1) is 18.0 Å². The van der Waals surface area contributed by atoms with Crippen LogP contribution in [0.2, 0.25) is 0 Å². The minimum atomic E-state index is 0.151. The van der Waals surface area contributed by atoms with Crippen LogP contribution in [-0.4, -0.2) is 16.2 Å². The summed E-state index contributed by atoms with van der Waals surface area (Å²) in [7, 11) is 0. The normalized spacial score (nSPS) is 10.5. The molecule has 1 aromatic heterocycles. The van der Waals surface area contributed by atoms with Crippen molar-refractivity contribution in [2.24, 2.45) is 0 Å². The number of aromatic hydroxyl groups is 1. The Kier molecular flexibility index (Phi) is 3.28. The maximum atomic E-state index is 9.19. The van der Waals surface area contributed by atoms with Gasteiger partial charge in [-0.05, 0) is 38.1 Å². The van der Waals surface area contributed by atoms with Crippen LogP contribution in [0.5, 0.6) is 11.5 Å². The third-order valence-corrected chi connectivity index (χ3v) is 2.25. The minimum Gasteiger partial charge on any atom is -0.506 e. The molecule has 3 heteroatoms. The summed E-state index contributed by atoms with van der Waals surface area (Å²) in [5, 5.41) is 9.19. The van der Waals surface area contributed by atoms with E-state index in [1.54, 1.807) is 12.1 Å². The highest BCUT2D eigenvalue weighted by Crippen LogP contribution is 2.23. The lowest BCUT2D eigenvalue weighted by Crippen LogP contribution is -2.05. The summed E-state index contributed by atoms with van der Waals surface area (Å²) in [4.78, 5) is 4.16. The summed E-state index contributed by atoms with van der Waals surface area (Å²) in [6.45, 7) is 3.98. The first kappa shape index (κ1) is 11.5. The number of hydrogen-bond donors (Lipinski definition) is 1. The molecule has 0 amide bonds. The average Bonchev–Trinajstić information content (AvgIpc) is 2.29. The Morgan fingerprint density at radius 2 is 2.00 bits per heavy atom. The highest BCUT2D eigenvalue weighted by atomic mass is 16.5. The Bertz CT molecular complexity index is 492. The molecule has 2 aromatic rings. The second-order valence-corrected chi connectivity index (χ2v) is 4.10. The highest BCUT2D eigenvalue weighted by Gasteiger charge is 2.02. The molecule has 0 spiro atoms. The van der Waals surface area contributed by atoms with Gasteiger partial charge < -0.3 is 9.84 Å². The number of hydrogen-bond acceptors (Lipinski definition) is 3. The molecule has 2 rings (SSSR count). The summed E-state index contributed by atoms with van der Waals surface area (Å²) in [6, 6.07) is 11.2. The van der Waals surface area contributed by atoms with Crippen molar-refractivity contribution in [1.82, 2.24) is 4.98 Å². The van der Waals surface area contributed by atoms with Gasteiger partial charge in [-0.2, -0.15) is 0 Å². The van der Waals surface area contributed by atoms with Gasteiger partial charge >= 0.3 is 0 Å². The predicted molar refractivity (Wildman–Crippen MR) is 67.1 cm³/mol. The standard InChI is InChI=1S/C14H15NO2/c1-10(2)17-13-5-3-4-11(8-13)14-7-6-12(16)9-15-14/h3-10,16H,1-2H3. The van der Waals surface area contributed by atoms with Crippen LogP contribution in [0.4, 0.5) is 0 Å². The van der Waals surface area contributed by atoms with Crippen molar-refractivity contribution >= 4 is 0 Å². The fourth-order valence-electron chi connectivity index (χ4n) is 1.56. The Hall–Kier alpha value is -2.03. The number of benzene rings is 1. The number of nitrogens with zero attached hydrogens (tertiary/aromatic N) is 1. The molecule has 0 aliphatic heterocycles. The molecule has 0 bridgehead atoms. The van der Waals surface area contributed by atoms with Crippen molar-refractivity contribution in [3.05, 3.63) is 42.6 Å². The second kappa shape index (κ2) is 4.87. The van der Waals surface area contributed by atoms with Crippen LogP contribution in [0.1, 0.15) is 13.8 Å². The van der Waals surface area contributed by atoms with Crippen LogP contribution in [0, 0.1) is 0 Å². The summed E-state index contributed by atoms with van der Waals surface area (Å²) in [5.74, 6) is 0.996. The van der Waals surface area contributed by atoms with Gasteiger partial charge in [-0.15, -0.1) is 0 Å². The summed E-state index contributed by atoms with van der Waals surface area (Å²) in [6.07, 6.45) is 1.59. The molecule has 88 valence electrons. The van der Waals surface area contributed by atoms with Gasteiger partial charge in [-0.1, -0.05) is 12.1 Å². The Morgan fingerprint density at radius 1 is 1.18 bits per heavy atom. The number of ether oxygens (including phenoxy) is 1. The fraction of sp³-hybridized carbons (Fsp3) is 0.214. The quantitative estimate of drug-likeness (QED) is 0.878. The van der Waals surface area contributed by atoms with Crippen molar-refractivity contribution in [1.29, 1.82) is 0 Å². The van der Waals surface area contributed by atoms with Gasteiger partial charge in [-0.3, -0.25) is 4.98 Å².